The molecule has 3 N–H and O–H groups in total. The Balaban J connectivity index is 2.31. The van der Waals surface area contributed by atoms with Crippen LogP contribution < -0.4 is 11.1 Å². The van der Waals surface area contributed by atoms with Crippen molar-refractivity contribution in [3.8, 4) is 0 Å². The van der Waals surface area contributed by atoms with Crippen LogP contribution in [0.1, 0.15) is 13.3 Å². The smallest absolute Gasteiger partial charge is 0.234 e. The maximum Gasteiger partial charge on any atom is 0.234 e. The molecule has 0 bridgehead atoms. The van der Waals surface area contributed by atoms with Gasteiger partial charge in [0.25, 0.3) is 0 Å². The molecule has 0 radical (unpaired) electrons. The molecule has 0 aromatic heterocycles. The Kier molecular flexibility index (Phi) is 5.96. The number of thioether (sulfide) groups is 1. The summed E-state index contributed by atoms with van der Waals surface area (Å²) in [5.41, 5.74) is 5.29. The van der Waals surface area contributed by atoms with Crippen LogP contribution in [0, 0.1) is 0 Å². The molecule has 1 atom stereocenters. The molecule has 0 aliphatic rings. The fourth-order valence-corrected chi connectivity index (χ4v) is 2.34. The summed E-state index contributed by atoms with van der Waals surface area (Å²) >= 11 is 1.74. The monoisotopic (exact) mass is 238 g/mol. The Morgan fingerprint density at radius 1 is 1.44 bits per heavy atom. The van der Waals surface area contributed by atoms with Crippen LogP contribution in [0.25, 0.3) is 0 Å². The second-order valence-corrected chi connectivity index (χ2v) is 4.63. The van der Waals surface area contributed by atoms with Gasteiger partial charge in [0.2, 0.25) is 5.91 Å². The summed E-state index contributed by atoms with van der Waals surface area (Å²) < 4.78 is 0. The molecule has 1 amide bonds. The average Bonchev–Trinajstić information content (AvgIpc) is 2.29. The normalized spacial score (nSPS) is 12.3. The van der Waals surface area contributed by atoms with E-state index in [1.165, 1.54) is 4.90 Å². The number of nitrogens with two attached hydrogens (primary N) is 1. The van der Waals surface area contributed by atoms with Crippen molar-refractivity contribution in [1.82, 2.24) is 5.32 Å². The van der Waals surface area contributed by atoms with Gasteiger partial charge in [-0.1, -0.05) is 25.1 Å². The SMILES string of the molecule is CCNC(CCSc1ccccc1)C(N)=O. The number of nitrogens with one attached hydrogen (secondary N) is 1. The molecule has 0 aliphatic carbocycles. The summed E-state index contributed by atoms with van der Waals surface area (Å²) in [6, 6.07) is 9.95. The first kappa shape index (κ1) is 13.1. The number of amides is 1. The third-order valence-corrected chi connectivity index (χ3v) is 3.26. The summed E-state index contributed by atoms with van der Waals surface area (Å²) in [5.74, 6) is 0.625. The van der Waals surface area contributed by atoms with Crippen LogP contribution in [0.5, 0.6) is 0 Å². The van der Waals surface area contributed by atoms with Crippen LogP contribution in [0.15, 0.2) is 35.2 Å². The van der Waals surface area contributed by atoms with Crippen LogP contribution in [-0.4, -0.2) is 24.2 Å². The highest BCUT2D eigenvalue weighted by molar-refractivity contribution is 7.99. The van der Waals surface area contributed by atoms with Crippen LogP contribution in [0.2, 0.25) is 0 Å². The first-order chi connectivity index (χ1) is 7.74. The van der Waals surface area contributed by atoms with Crippen LogP contribution in [0.4, 0.5) is 0 Å². The van der Waals surface area contributed by atoms with Crippen molar-refractivity contribution in [2.24, 2.45) is 5.73 Å². The van der Waals surface area contributed by atoms with E-state index in [-0.39, 0.29) is 11.9 Å². The van der Waals surface area contributed by atoms with E-state index in [1.54, 1.807) is 11.8 Å². The molecule has 4 heteroatoms. The van der Waals surface area contributed by atoms with Gasteiger partial charge in [-0.2, -0.15) is 0 Å². The van der Waals surface area contributed by atoms with Crippen molar-refractivity contribution in [1.29, 1.82) is 0 Å². The maximum absolute atomic E-state index is 11.1. The number of carbonyl (C=O) groups is 1. The molecule has 1 rings (SSSR count). The third kappa shape index (κ3) is 4.68. The maximum atomic E-state index is 11.1. The van der Waals surface area contributed by atoms with Gasteiger partial charge in [-0.15, -0.1) is 11.8 Å². The Bertz CT molecular complexity index is 316. The Morgan fingerprint density at radius 2 is 2.12 bits per heavy atom. The number of benzene rings is 1. The molecule has 0 saturated carbocycles. The molecule has 0 heterocycles. The molecule has 88 valence electrons. The fourth-order valence-electron chi connectivity index (χ4n) is 1.40. The van der Waals surface area contributed by atoms with Crippen molar-refractivity contribution in [2.45, 2.75) is 24.3 Å². The minimum Gasteiger partial charge on any atom is -0.368 e. The Morgan fingerprint density at radius 3 is 2.69 bits per heavy atom. The van der Waals surface area contributed by atoms with Gasteiger partial charge in [-0.3, -0.25) is 4.79 Å². The molecule has 1 unspecified atom stereocenters. The standard InChI is InChI=1S/C12H18N2OS/c1-2-14-11(12(13)15)8-9-16-10-6-4-3-5-7-10/h3-7,11,14H,2,8-9H2,1H3,(H2,13,15). The number of primary amides is 1. The molecule has 0 saturated heterocycles. The lowest BCUT2D eigenvalue weighted by atomic mass is 10.2. The molecule has 1 aromatic carbocycles. The topological polar surface area (TPSA) is 55.1 Å². The molecule has 0 fully saturated rings. The molecule has 0 spiro atoms. The van der Waals surface area contributed by atoms with E-state index in [9.17, 15) is 4.79 Å². The van der Waals surface area contributed by atoms with Crippen molar-refractivity contribution in [2.75, 3.05) is 12.3 Å². The zero-order chi connectivity index (χ0) is 11.8. The van der Waals surface area contributed by atoms with Crippen molar-refractivity contribution < 1.29 is 4.79 Å². The predicted molar refractivity (Wildman–Crippen MR) is 68.4 cm³/mol. The zero-order valence-electron chi connectivity index (χ0n) is 9.48. The lowest BCUT2D eigenvalue weighted by Crippen LogP contribution is -2.41. The first-order valence-corrected chi connectivity index (χ1v) is 6.43. The summed E-state index contributed by atoms with van der Waals surface area (Å²) in [5, 5.41) is 3.08. The lowest BCUT2D eigenvalue weighted by molar-refractivity contribution is -0.120. The molecule has 3 nitrogen and oxygen atoms in total. The van der Waals surface area contributed by atoms with Gasteiger partial charge in [0.05, 0.1) is 6.04 Å². The number of hydrogen-bond acceptors (Lipinski definition) is 3. The molecular weight excluding hydrogens is 220 g/mol. The first-order valence-electron chi connectivity index (χ1n) is 5.44. The highest BCUT2D eigenvalue weighted by Gasteiger charge is 2.12. The van der Waals surface area contributed by atoms with Gasteiger partial charge in [0.15, 0.2) is 0 Å². The predicted octanol–water partition coefficient (Wildman–Crippen LogP) is 1.63. The van der Waals surface area contributed by atoms with Gasteiger partial charge in [0, 0.05) is 4.90 Å². The van der Waals surface area contributed by atoms with Crippen molar-refractivity contribution >= 4 is 17.7 Å². The van der Waals surface area contributed by atoms with E-state index in [2.05, 4.69) is 17.4 Å². The van der Waals surface area contributed by atoms with Crippen LogP contribution >= 0.6 is 11.8 Å². The Labute approximate surface area is 101 Å². The van der Waals surface area contributed by atoms with E-state index >= 15 is 0 Å². The third-order valence-electron chi connectivity index (χ3n) is 2.21. The summed E-state index contributed by atoms with van der Waals surface area (Å²) in [4.78, 5) is 12.3. The average molecular weight is 238 g/mol. The lowest BCUT2D eigenvalue weighted by Gasteiger charge is -2.13. The minimum atomic E-state index is -0.268. The summed E-state index contributed by atoms with van der Waals surface area (Å²) in [7, 11) is 0. The number of rotatable bonds is 7. The van der Waals surface area contributed by atoms with E-state index in [1.807, 2.05) is 25.1 Å². The second kappa shape index (κ2) is 7.30. The van der Waals surface area contributed by atoms with Gasteiger partial charge >= 0.3 is 0 Å². The van der Waals surface area contributed by atoms with E-state index in [4.69, 9.17) is 5.73 Å². The second-order valence-electron chi connectivity index (χ2n) is 3.46. The summed E-state index contributed by atoms with van der Waals surface area (Å²) in [6.07, 6.45) is 0.767. The minimum absolute atomic E-state index is 0.207. The fraction of sp³-hybridized carbons (Fsp3) is 0.417. The van der Waals surface area contributed by atoms with E-state index in [0.29, 0.717) is 0 Å². The van der Waals surface area contributed by atoms with E-state index in [0.717, 1.165) is 18.7 Å². The largest absolute Gasteiger partial charge is 0.368 e. The van der Waals surface area contributed by atoms with Crippen LogP contribution in [-0.2, 0) is 4.79 Å². The summed E-state index contributed by atoms with van der Waals surface area (Å²) in [6.45, 7) is 2.74. The molecular formula is C12H18N2OS. The Hall–Kier alpha value is -1.00. The number of likely N-dealkylation sites (N-methyl/N-ethyl adjacent to an activating group) is 1. The van der Waals surface area contributed by atoms with Gasteiger partial charge in [-0.25, -0.2) is 0 Å². The van der Waals surface area contributed by atoms with E-state index < -0.39 is 0 Å². The highest BCUT2D eigenvalue weighted by atomic mass is 32.2. The highest BCUT2D eigenvalue weighted by Crippen LogP contribution is 2.18. The zero-order valence-corrected chi connectivity index (χ0v) is 10.3. The molecule has 16 heavy (non-hydrogen) atoms. The van der Waals surface area contributed by atoms with Gasteiger partial charge < -0.3 is 11.1 Å². The number of hydrogen-bond donors (Lipinski definition) is 2. The van der Waals surface area contributed by atoms with Crippen molar-refractivity contribution in [3.05, 3.63) is 30.3 Å². The van der Waals surface area contributed by atoms with Crippen LogP contribution in [0.3, 0.4) is 0 Å². The van der Waals surface area contributed by atoms with Crippen molar-refractivity contribution in [3.63, 3.8) is 0 Å². The quantitative estimate of drug-likeness (QED) is 0.710. The molecule has 0 aliphatic heterocycles. The van der Waals surface area contributed by atoms with Gasteiger partial charge in [-0.05, 0) is 30.9 Å². The molecule has 1 aromatic rings. The number of carbonyl (C=O) groups excluding carboxylic acids is 1. The van der Waals surface area contributed by atoms with Gasteiger partial charge in [0.1, 0.15) is 0 Å².